The molecule has 0 aromatic heterocycles. The Kier molecular flexibility index (Phi) is 7.01. The molecule has 1 unspecified atom stereocenters. The molecule has 6 heteroatoms. The Morgan fingerprint density at radius 3 is 2.13 bits per heavy atom. The molecule has 23 heavy (non-hydrogen) atoms. The molecule has 0 bridgehead atoms. The minimum Gasteiger partial charge on any atom is -0.445 e. The van der Waals surface area contributed by atoms with Gasteiger partial charge in [-0.1, -0.05) is 60.7 Å². The number of aryl methyl sites for hydroxylation is 1. The van der Waals surface area contributed by atoms with Crippen molar-refractivity contribution in [2.45, 2.75) is 25.2 Å². The van der Waals surface area contributed by atoms with Crippen LogP contribution in [0.4, 0.5) is 4.79 Å². The molecular formula is C17H20NO4P. The maximum atomic E-state index is 11.8. The molecule has 0 aliphatic carbocycles. The summed E-state index contributed by atoms with van der Waals surface area (Å²) in [6.07, 6.45) is 0.427. The molecule has 122 valence electrons. The highest BCUT2D eigenvalue weighted by molar-refractivity contribution is 7.45. The Bertz CT molecular complexity index is 592. The first-order valence-electron chi connectivity index (χ1n) is 7.33. The van der Waals surface area contributed by atoms with Crippen molar-refractivity contribution in [1.29, 1.82) is 0 Å². The molecule has 0 fully saturated rings. The van der Waals surface area contributed by atoms with E-state index < -0.39 is 20.3 Å². The Balaban J connectivity index is 1.80. The van der Waals surface area contributed by atoms with Gasteiger partial charge in [-0.2, -0.15) is 0 Å². The van der Waals surface area contributed by atoms with Gasteiger partial charge in [0.2, 0.25) is 0 Å². The average Bonchev–Trinajstić information content (AvgIpc) is 2.58. The number of benzene rings is 2. The minimum atomic E-state index is -2.27. The first-order chi connectivity index (χ1) is 11.1. The highest BCUT2D eigenvalue weighted by Crippen LogP contribution is 2.32. The maximum absolute atomic E-state index is 11.8. The van der Waals surface area contributed by atoms with E-state index in [-0.39, 0.29) is 6.61 Å². The fraction of sp³-hybridized carbons (Fsp3) is 0.235. The van der Waals surface area contributed by atoms with Crippen LogP contribution < -0.4 is 5.32 Å². The number of carbonyl (C=O) groups is 1. The molecule has 5 nitrogen and oxygen atoms in total. The molecule has 0 spiro atoms. The van der Waals surface area contributed by atoms with E-state index in [1.807, 2.05) is 60.7 Å². The SMILES string of the molecule is O=C(NC(CCc1ccccc1)P(O)O)OCc1ccccc1. The lowest BCUT2D eigenvalue weighted by molar-refractivity contribution is 0.137. The lowest BCUT2D eigenvalue weighted by Gasteiger charge is -2.19. The number of hydrogen-bond donors (Lipinski definition) is 3. The number of amides is 1. The van der Waals surface area contributed by atoms with E-state index in [1.165, 1.54) is 0 Å². The average molecular weight is 333 g/mol. The van der Waals surface area contributed by atoms with Gasteiger partial charge in [0, 0.05) is 0 Å². The zero-order valence-corrected chi connectivity index (χ0v) is 13.5. The number of hydrogen-bond acceptors (Lipinski definition) is 4. The molecule has 1 atom stereocenters. The van der Waals surface area contributed by atoms with Crippen LogP contribution in [0.2, 0.25) is 0 Å². The first-order valence-corrected chi connectivity index (χ1v) is 8.65. The van der Waals surface area contributed by atoms with Gasteiger partial charge in [-0.3, -0.25) is 0 Å². The first kappa shape index (κ1) is 17.4. The summed E-state index contributed by atoms with van der Waals surface area (Å²) in [5.41, 5.74) is 1.95. The van der Waals surface area contributed by atoms with Crippen molar-refractivity contribution in [3.63, 3.8) is 0 Å². The van der Waals surface area contributed by atoms with Crippen LogP contribution in [0.1, 0.15) is 17.5 Å². The Morgan fingerprint density at radius 2 is 1.57 bits per heavy atom. The van der Waals surface area contributed by atoms with E-state index in [0.717, 1.165) is 11.1 Å². The third-order valence-corrected chi connectivity index (χ3v) is 4.27. The third-order valence-electron chi connectivity index (χ3n) is 3.33. The van der Waals surface area contributed by atoms with Crippen LogP contribution in [0.3, 0.4) is 0 Å². The quantitative estimate of drug-likeness (QED) is 0.680. The van der Waals surface area contributed by atoms with Gasteiger partial charge in [0.25, 0.3) is 0 Å². The predicted molar refractivity (Wildman–Crippen MR) is 89.7 cm³/mol. The third kappa shape index (κ3) is 6.37. The summed E-state index contributed by atoms with van der Waals surface area (Å²) < 4.78 is 5.10. The fourth-order valence-electron chi connectivity index (χ4n) is 2.09. The zero-order chi connectivity index (χ0) is 16.5. The van der Waals surface area contributed by atoms with Gasteiger partial charge >= 0.3 is 6.09 Å². The molecule has 1 amide bonds. The van der Waals surface area contributed by atoms with Crippen molar-refractivity contribution in [2.75, 3.05) is 0 Å². The molecule has 2 aromatic carbocycles. The summed E-state index contributed by atoms with van der Waals surface area (Å²) in [4.78, 5) is 30.7. The summed E-state index contributed by atoms with van der Waals surface area (Å²) in [7, 11) is -2.27. The van der Waals surface area contributed by atoms with Crippen LogP contribution in [0.25, 0.3) is 0 Å². The Labute approximate surface area is 136 Å². The lowest BCUT2D eigenvalue weighted by atomic mass is 10.1. The minimum absolute atomic E-state index is 0.146. The van der Waals surface area contributed by atoms with E-state index in [2.05, 4.69) is 5.32 Å². The molecular weight excluding hydrogens is 313 g/mol. The van der Waals surface area contributed by atoms with Crippen LogP contribution in [0.15, 0.2) is 60.7 Å². The topological polar surface area (TPSA) is 78.8 Å². The van der Waals surface area contributed by atoms with Crippen molar-refractivity contribution in [3.8, 4) is 0 Å². The van der Waals surface area contributed by atoms with Gasteiger partial charge in [-0.15, -0.1) is 0 Å². The van der Waals surface area contributed by atoms with Crippen molar-refractivity contribution >= 4 is 14.5 Å². The Hall–Kier alpha value is -1.94. The van der Waals surface area contributed by atoms with Gasteiger partial charge < -0.3 is 19.8 Å². The maximum Gasteiger partial charge on any atom is 0.408 e. The molecule has 0 saturated carbocycles. The fourth-order valence-corrected chi connectivity index (χ4v) is 2.68. The van der Waals surface area contributed by atoms with Crippen LogP contribution in [-0.2, 0) is 17.8 Å². The standard InChI is InChI=1S/C17H20NO4P/c19-17(22-13-15-9-5-2-6-10-15)18-16(23(20)21)12-11-14-7-3-1-4-8-14/h1-10,16,20-21H,11-13H2,(H,18,19). The molecule has 3 N–H and O–H groups in total. The van der Waals surface area contributed by atoms with Gasteiger partial charge in [-0.25, -0.2) is 4.79 Å². The van der Waals surface area contributed by atoms with E-state index in [0.29, 0.717) is 12.8 Å². The molecule has 0 heterocycles. The van der Waals surface area contributed by atoms with E-state index in [1.54, 1.807) is 0 Å². The summed E-state index contributed by atoms with van der Waals surface area (Å²) in [5, 5.41) is 2.52. The summed E-state index contributed by atoms with van der Waals surface area (Å²) >= 11 is 0. The van der Waals surface area contributed by atoms with Crippen molar-refractivity contribution in [3.05, 3.63) is 71.8 Å². The van der Waals surface area contributed by atoms with E-state index >= 15 is 0 Å². The number of rotatable bonds is 7. The highest BCUT2D eigenvalue weighted by Gasteiger charge is 2.20. The normalized spacial score (nSPS) is 12.0. The molecule has 2 aromatic rings. The largest absolute Gasteiger partial charge is 0.445 e. The van der Waals surface area contributed by atoms with Crippen LogP contribution in [0.5, 0.6) is 0 Å². The Morgan fingerprint density at radius 1 is 1.00 bits per heavy atom. The van der Waals surface area contributed by atoms with Crippen molar-refractivity contribution < 1.29 is 19.3 Å². The number of carbonyl (C=O) groups excluding carboxylic acids is 1. The smallest absolute Gasteiger partial charge is 0.408 e. The second-order valence-corrected chi connectivity index (χ2v) is 6.33. The second kappa shape index (κ2) is 9.26. The number of nitrogens with one attached hydrogen (secondary N) is 1. The van der Waals surface area contributed by atoms with E-state index in [9.17, 15) is 14.6 Å². The van der Waals surface area contributed by atoms with Crippen LogP contribution in [-0.4, -0.2) is 21.7 Å². The van der Waals surface area contributed by atoms with Crippen LogP contribution in [0, 0.1) is 0 Å². The van der Waals surface area contributed by atoms with Crippen LogP contribution >= 0.6 is 8.38 Å². The molecule has 2 rings (SSSR count). The zero-order valence-electron chi connectivity index (χ0n) is 12.6. The monoisotopic (exact) mass is 333 g/mol. The van der Waals surface area contributed by atoms with Gasteiger partial charge in [0.15, 0.2) is 8.38 Å². The molecule has 0 aliphatic heterocycles. The summed E-state index contributed by atoms with van der Waals surface area (Å²) in [6, 6.07) is 19.0. The van der Waals surface area contributed by atoms with Crippen molar-refractivity contribution in [2.24, 2.45) is 0 Å². The predicted octanol–water partition coefficient (Wildman–Crippen LogP) is 3.17. The lowest BCUT2D eigenvalue weighted by Crippen LogP contribution is -2.34. The second-order valence-electron chi connectivity index (χ2n) is 5.07. The van der Waals surface area contributed by atoms with Gasteiger partial charge in [0.1, 0.15) is 12.4 Å². The number of alkyl carbamates (subject to hydrolysis) is 1. The van der Waals surface area contributed by atoms with Crippen molar-refractivity contribution in [1.82, 2.24) is 5.32 Å². The summed E-state index contributed by atoms with van der Waals surface area (Å²) in [5.74, 6) is -0.714. The van der Waals surface area contributed by atoms with Gasteiger partial charge in [-0.05, 0) is 24.0 Å². The molecule has 0 radical (unpaired) electrons. The van der Waals surface area contributed by atoms with E-state index in [4.69, 9.17) is 4.74 Å². The van der Waals surface area contributed by atoms with Gasteiger partial charge in [0.05, 0.1) is 0 Å². The summed E-state index contributed by atoms with van der Waals surface area (Å²) in [6.45, 7) is 0.146. The molecule has 0 aliphatic rings. The highest BCUT2D eigenvalue weighted by atomic mass is 31.2. The molecule has 0 saturated heterocycles. The number of ether oxygens (including phenoxy) is 1.